The van der Waals surface area contributed by atoms with Crippen LogP contribution in [0.5, 0.6) is 5.75 Å². The van der Waals surface area contributed by atoms with Gasteiger partial charge in [-0.15, -0.1) is 13.2 Å². The molecule has 1 N–H and O–H groups in total. The number of nitrogens with one attached hydrogen (secondary N) is 1. The highest BCUT2D eigenvalue weighted by Crippen LogP contribution is 2.27. The van der Waals surface area contributed by atoms with Crippen molar-refractivity contribution in [1.82, 2.24) is 19.7 Å². The van der Waals surface area contributed by atoms with Crippen molar-refractivity contribution < 1.29 is 22.7 Å². The standard InChI is InChI=1S/C20H25F3N4O2/c1-25-6-2-3-15(13-25)26-7-9-27(10-8-26)19(28)18-11-14-4-5-16(12-17(14)24-18)29-20(21,22)23/h4-5,11-12,15,24H,2-3,6-10,13H2,1H3. The minimum atomic E-state index is -4.74. The van der Waals surface area contributed by atoms with Gasteiger partial charge in [0.1, 0.15) is 11.4 Å². The molecule has 0 aliphatic carbocycles. The summed E-state index contributed by atoms with van der Waals surface area (Å²) in [6.07, 6.45) is -2.34. The number of carbonyl (C=O) groups is 1. The van der Waals surface area contributed by atoms with E-state index in [1.807, 2.05) is 0 Å². The molecule has 2 aromatic rings. The predicted octanol–water partition coefficient (Wildman–Crippen LogP) is 2.92. The smallest absolute Gasteiger partial charge is 0.406 e. The second kappa shape index (κ2) is 7.87. The summed E-state index contributed by atoms with van der Waals surface area (Å²) in [4.78, 5) is 22.4. The zero-order chi connectivity index (χ0) is 20.6. The lowest BCUT2D eigenvalue weighted by Crippen LogP contribution is -2.55. The van der Waals surface area contributed by atoms with E-state index < -0.39 is 6.36 Å². The third kappa shape index (κ3) is 4.67. The van der Waals surface area contributed by atoms with Gasteiger partial charge in [-0.25, -0.2) is 0 Å². The van der Waals surface area contributed by atoms with Gasteiger partial charge in [0, 0.05) is 55.7 Å². The number of piperazine rings is 1. The van der Waals surface area contributed by atoms with Crippen LogP contribution >= 0.6 is 0 Å². The number of likely N-dealkylation sites (N-methyl/N-ethyl adjacent to an activating group) is 1. The van der Waals surface area contributed by atoms with Crippen molar-refractivity contribution in [3.63, 3.8) is 0 Å². The van der Waals surface area contributed by atoms with E-state index in [0.29, 0.717) is 35.7 Å². The van der Waals surface area contributed by atoms with Gasteiger partial charge >= 0.3 is 6.36 Å². The highest BCUT2D eigenvalue weighted by molar-refractivity contribution is 5.98. The van der Waals surface area contributed by atoms with Crippen LogP contribution < -0.4 is 4.74 Å². The van der Waals surface area contributed by atoms with E-state index in [-0.39, 0.29) is 11.7 Å². The molecule has 1 unspecified atom stereocenters. The number of piperidine rings is 1. The maximum Gasteiger partial charge on any atom is 0.573 e. The average Bonchev–Trinajstić information content (AvgIpc) is 3.09. The minimum Gasteiger partial charge on any atom is -0.406 e. The molecule has 2 aliphatic heterocycles. The third-order valence-corrected chi connectivity index (χ3v) is 5.78. The topological polar surface area (TPSA) is 51.8 Å². The Morgan fingerprint density at radius 2 is 1.90 bits per heavy atom. The first-order chi connectivity index (χ1) is 13.8. The number of ether oxygens (including phenoxy) is 1. The van der Waals surface area contributed by atoms with Crippen LogP contribution in [0.1, 0.15) is 23.3 Å². The van der Waals surface area contributed by atoms with Gasteiger partial charge in [-0.1, -0.05) is 0 Å². The van der Waals surface area contributed by atoms with Crippen LogP contribution in [0.2, 0.25) is 0 Å². The fourth-order valence-corrected chi connectivity index (χ4v) is 4.32. The molecule has 0 radical (unpaired) electrons. The summed E-state index contributed by atoms with van der Waals surface area (Å²) >= 11 is 0. The first-order valence-corrected chi connectivity index (χ1v) is 9.89. The summed E-state index contributed by atoms with van der Waals surface area (Å²) in [5.74, 6) is -0.434. The van der Waals surface area contributed by atoms with Crippen LogP contribution in [0, 0.1) is 0 Å². The Hall–Kier alpha value is -2.26. The number of H-pyrrole nitrogens is 1. The van der Waals surface area contributed by atoms with Crippen LogP contribution in [-0.4, -0.2) is 84.3 Å². The van der Waals surface area contributed by atoms with Crippen molar-refractivity contribution >= 4 is 16.8 Å². The molecular formula is C20H25F3N4O2. The van der Waals surface area contributed by atoms with Crippen molar-refractivity contribution in [2.24, 2.45) is 0 Å². The first-order valence-electron chi connectivity index (χ1n) is 9.89. The van der Waals surface area contributed by atoms with E-state index in [4.69, 9.17) is 0 Å². The number of likely N-dealkylation sites (tertiary alicyclic amines) is 1. The molecule has 2 fully saturated rings. The Morgan fingerprint density at radius 1 is 1.14 bits per heavy atom. The summed E-state index contributed by atoms with van der Waals surface area (Å²) in [5.41, 5.74) is 0.828. The summed E-state index contributed by atoms with van der Waals surface area (Å²) in [6, 6.07) is 6.25. The second-order valence-electron chi connectivity index (χ2n) is 7.87. The monoisotopic (exact) mass is 410 g/mol. The van der Waals surface area contributed by atoms with E-state index in [0.717, 1.165) is 26.2 Å². The van der Waals surface area contributed by atoms with Crippen molar-refractivity contribution in [1.29, 1.82) is 0 Å². The highest BCUT2D eigenvalue weighted by atomic mass is 19.4. The maximum absolute atomic E-state index is 12.9. The van der Waals surface area contributed by atoms with Gasteiger partial charge in [-0.3, -0.25) is 9.69 Å². The van der Waals surface area contributed by atoms with Crippen molar-refractivity contribution in [2.45, 2.75) is 25.2 Å². The van der Waals surface area contributed by atoms with E-state index in [1.54, 1.807) is 11.0 Å². The molecule has 29 heavy (non-hydrogen) atoms. The molecule has 3 heterocycles. The van der Waals surface area contributed by atoms with Gasteiger partial charge in [0.25, 0.3) is 5.91 Å². The fraction of sp³-hybridized carbons (Fsp3) is 0.550. The average molecular weight is 410 g/mol. The van der Waals surface area contributed by atoms with Gasteiger partial charge in [0.15, 0.2) is 0 Å². The quantitative estimate of drug-likeness (QED) is 0.846. The van der Waals surface area contributed by atoms with Crippen LogP contribution in [-0.2, 0) is 0 Å². The number of rotatable bonds is 3. The number of hydrogen-bond donors (Lipinski definition) is 1. The normalized spacial score (nSPS) is 22.2. The third-order valence-electron chi connectivity index (χ3n) is 5.78. The predicted molar refractivity (Wildman–Crippen MR) is 103 cm³/mol. The molecule has 1 aromatic carbocycles. The molecule has 0 spiro atoms. The molecule has 1 atom stereocenters. The second-order valence-corrected chi connectivity index (χ2v) is 7.87. The van der Waals surface area contributed by atoms with Crippen LogP contribution in [0.15, 0.2) is 24.3 Å². The molecule has 2 aliphatic rings. The van der Waals surface area contributed by atoms with Gasteiger partial charge in [0.2, 0.25) is 0 Å². The number of nitrogens with zero attached hydrogens (tertiary/aromatic N) is 3. The molecular weight excluding hydrogens is 385 g/mol. The van der Waals surface area contributed by atoms with Crippen molar-refractivity contribution in [2.75, 3.05) is 46.3 Å². The first kappa shape index (κ1) is 20.0. The Labute approximate surface area is 167 Å². The molecule has 158 valence electrons. The summed E-state index contributed by atoms with van der Waals surface area (Å²) in [5, 5.41) is 0.673. The van der Waals surface area contributed by atoms with Gasteiger partial charge < -0.3 is 19.5 Å². The van der Waals surface area contributed by atoms with Crippen molar-refractivity contribution in [3.05, 3.63) is 30.0 Å². The fourth-order valence-electron chi connectivity index (χ4n) is 4.32. The minimum absolute atomic E-state index is 0.125. The number of aromatic nitrogens is 1. The molecule has 0 saturated carbocycles. The molecule has 1 amide bonds. The molecule has 4 rings (SSSR count). The number of fused-ring (bicyclic) bond motifs is 1. The van der Waals surface area contributed by atoms with Gasteiger partial charge in [0.05, 0.1) is 0 Å². The molecule has 0 bridgehead atoms. The summed E-state index contributed by atoms with van der Waals surface area (Å²) in [6.45, 7) is 5.19. The number of aromatic amines is 1. The summed E-state index contributed by atoms with van der Waals surface area (Å²) in [7, 11) is 2.15. The number of amides is 1. The molecule has 2 saturated heterocycles. The lowest BCUT2D eigenvalue weighted by atomic mass is 10.0. The van der Waals surface area contributed by atoms with E-state index in [1.165, 1.54) is 31.0 Å². The van der Waals surface area contributed by atoms with Crippen LogP contribution in [0.4, 0.5) is 13.2 Å². The highest BCUT2D eigenvalue weighted by Gasteiger charge is 2.32. The lowest BCUT2D eigenvalue weighted by molar-refractivity contribution is -0.274. The number of halogens is 3. The Bertz CT molecular complexity index is 874. The van der Waals surface area contributed by atoms with E-state index >= 15 is 0 Å². The Balaban J connectivity index is 1.40. The number of benzene rings is 1. The molecule has 1 aromatic heterocycles. The number of hydrogen-bond acceptors (Lipinski definition) is 4. The lowest BCUT2D eigenvalue weighted by Gasteiger charge is -2.42. The van der Waals surface area contributed by atoms with E-state index in [9.17, 15) is 18.0 Å². The zero-order valence-corrected chi connectivity index (χ0v) is 16.3. The maximum atomic E-state index is 12.9. The largest absolute Gasteiger partial charge is 0.573 e. The Morgan fingerprint density at radius 3 is 2.59 bits per heavy atom. The number of carbonyl (C=O) groups excluding carboxylic acids is 1. The molecule has 6 nitrogen and oxygen atoms in total. The molecule has 9 heteroatoms. The summed E-state index contributed by atoms with van der Waals surface area (Å²) < 4.78 is 41.2. The van der Waals surface area contributed by atoms with Gasteiger partial charge in [-0.05, 0) is 44.6 Å². The van der Waals surface area contributed by atoms with Crippen LogP contribution in [0.3, 0.4) is 0 Å². The zero-order valence-electron chi connectivity index (χ0n) is 16.3. The van der Waals surface area contributed by atoms with E-state index in [2.05, 4.69) is 26.6 Å². The van der Waals surface area contributed by atoms with Crippen molar-refractivity contribution in [3.8, 4) is 5.75 Å². The van der Waals surface area contributed by atoms with Crippen LogP contribution in [0.25, 0.3) is 10.9 Å². The van der Waals surface area contributed by atoms with Gasteiger partial charge in [-0.2, -0.15) is 0 Å². The SMILES string of the molecule is CN1CCCC(N2CCN(C(=O)c3cc4ccc(OC(F)(F)F)cc4[nH]3)CC2)C1. The Kier molecular flexibility index (Phi) is 5.44. The number of alkyl halides is 3.